The molecule has 0 bridgehead atoms. The van der Waals surface area contributed by atoms with Gasteiger partial charge < -0.3 is 9.64 Å². The van der Waals surface area contributed by atoms with Gasteiger partial charge in [-0.2, -0.15) is 0 Å². The molecule has 1 saturated heterocycles. The van der Waals surface area contributed by atoms with Crippen LogP contribution in [-0.2, 0) is 9.53 Å². The molecule has 0 aromatic heterocycles. The second-order valence-electron chi connectivity index (χ2n) is 5.85. The van der Waals surface area contributed by atoms with Crippen LogP contribution < -0.4 is 0 Å². The number of carbonyl (C=O) groups excluding carboxylic acids is 1. The molecule has 112 valence electrons. The van der Waals surface area contributed by atoms with Gasteiger partial charge in [0.05, 0.1) is 18.8 Å². The van der Waals surface area contributed by atoms with E-state index in [2.05, 4.69) is 29.2 Å². The molecule has 1 heterocycles. The zero-order chi connectivity index (χ0) is 14.5. The Kier molecular flexibility index (Phi) is 4.71. The lowest BCUT2D eigenvalue weighted by Gasteiger charge is -2.37. The second-order valence-corrected chi connectivity index (χ2v) is 5.85. The molecule has 0 unspecified atom stereocenters. The van der Waals surface area contributed by atoms with E-state index in [9.17, 15) is 4.79 Å². The van der Waals surface area contributed by atoms with Crippen molar-refractivity contribution in [2.75, 3.05) is 13.2 Å². The van der Waals surface area contributed by atoms with Crippen molar-refractivity contribution >= 4 is 12.0 Å². The van der Waals surface area contributed by atoms with Gasteiger partial charge in [0, 0.05) is 13.0 Å². The Hall–Kier alpha value is -1.61. The fraction of sp³-hybridized carbons (Fsp3) is 0.500. The van der Waals surface area contributed by atoms with Crippen LogP contribution in [0.15, 0.2) is 36.4 Å². The van der Waals surface area contributed by atoms with Crippen LogP contribution in [0.2, 0.25) is 0 Å². The quantitative estimate of drug-likeness (QED) is 0.850. The van der Waals surface area contributed by atoms with Gasteiger partial charge in [0.25, 0.3) is 0 Å². The highest BCUT2D eigenvalue weighted by Crippen LogP contribution is 2.30. The summed E-state index contributed by atoms with van der Waals surface area (Å²) in [5.74, 6) is 0.285. The normalized spacial score (nSPS) is 25.2. The molecule has 2 fully saturated rings. The molecule has 2 atom stereocenters. The number of rotatable bonds is 4. The van der Waals surface area contributed by atoms with Crippen LogP contribution in [0.25, 0.3) is 6.08 Å². The molecule has 1 saturated carbocycles. The molecule has 2 aliphatic rings. The summed E-state index contributed by atoms with van der Waals surface area (Å²) in [5, 5.41) is 0. The molecule has 1 amide bonds. The minimum Gasteiger partial charge on any atom is -0.374 e. The van der Waals surface area contributed by atoms with Crippen LogP contribution in [0.4, 0.5) is 0 Å². The SMILES string of the molecule is O=C(CC/C=C/c1ccccc1)N1CCO[C@@H]2CCC[C@@H]21. The van der Waals surface area contributed by atoms with E-state index in [1.54, 1.807) is 0 Å². The lowest BCUT2D eigenvalue weighted by Crippen LogP contribution is -2.51. The Morgan fingerprint density at radius 3 is 3.00 bits per heavy atom. The zero-order valence-corrected chi connectivity index (χ0v) is 12.4. The van der Waals surface area contributed by atoms with Crippen molar-refractivity contribution in [2.24, 2.45) is 0 Å². The second kappa shape index (κ2) is 6.90. The fourth-order valence-electron chi connectivity index (χ4n) is 3.37. The summed E-state index contributed by atoms with van der Waals surface area (Å²) in [6.45, 7) is 1.47. The van der Waals surface area contributed by atoms with Crippen molar-refractivity contribution < 1.29 is 9.53 Å². The third-order valence-corrected chi connectivity index (χ3v) is 4.44. The number of carbonyl (C=O) groups is 1. The molecule has 3 nitrogen and oxygen atoms in total. The highest BCUT2D eigenvalue weighted by Gasteiger charge is 2.37. The van der Waals surface area contributed by atoms with Gasteiger partial charge in [0.1, 0.15) is 0 Å². The lowest BCUT2D eigenvalue weighted by molar-refractivity contribution is -0.143. The van der Waals surface area contributed by atoms with Crippen LogP contribution in [0.5, 0.6) is 0 Å². The van der Waals surface area contributed by atoms with E-state index in [0.29, 0.717) is 25.2 Å². The molecular weight excluding hydrogens is 262 g/mol. The average Bonchev–Trinajstić information content (AvgIpc) is 3.01. The Bertz CT molecular complexity index is 497. The number of hydrogen-bond donors (Lipinski definition) is 0. The summed E-state index contributed by atoms with van der Waals surface area (Å²) >= 11 is 0. The number of ether oxygens (including phenoxy) is 1. The van der Waals surface area contributed by atoms with Gasteiger partial charge in [0.2, 0.25) is 5.91 Å². The number of allylic oxidation sites excluding steroid dienone is 1. The third-order valence-electron chi connectivity index (χ3n) is 4.44. The van der Waals surface area contributed by atoms with Crippen molar-refractivity contribution in [1.29, 1.82) is 0 Å². The first-order valence-electron chi connectivity index (χ1n) is 7.97. The number of nitrogens with zero attached hydrogens (tertiary/aromatic N) is 1. The van der Waals surface area contributed by atoms with Gasteiger partial charge in [-0.05, 0) is 31.2 Å². The summed E-state index contributed by atoms with van der Waals surface area (Å²) in [5.41, 5.74) is 1.19. The van der Waals surface area contributed by atoms with Gasteiger partial charge in [0.15, 0.2) is 0 Å². The predicted octanol–water partition coefficient (Wildman–Crippen LogP) is 3.26. The molecule has 1 aliphatic heterocycles. The molecule has 1 aromatic carbocycles. The van der Waals surface area contributed by atoms with E-state index >= 15 is 0 Å². The first-order chi connectivity index (χ1) is 10.3. The molecule has 1 aliphatic carbocycles. The molecule has 3 heteroatoms. The highest BCUT2D eigenvalue weighted by molar-refractivity contribution is 5.77. The fourth-order valence-corrected chi connectivity index (χ4v) is 3.37. The van der Waals surface area contributed by atoms with Gasteiger partial charge in [-0.3, -0.25) is 4.79 Å². The van der Waals surface area contributed by atoms with Crippen molar-refractivity contribution in [3.8, 4) is 0 Å². The maximum absolute atomic E-state index is 12.4. The third kappa shape index (κ3) is 3.53. The van der Waals surface area contributed by atoms with Gasteiger partial charge in [-0.15, -0.1) is 0 Å². The Morgan fingerprint density at radius 1 is 1.29 bits per heavy atom. The maximum atomic E-state index is 12.4. The Balaban J connectivity index is 1.49. The number of amides is 1. The van der Waals surface area contributed by atoms with Crippen LogP contribution in [0.3, 0.4) is 0 Å². The summed E-state index contributed by atoms with van der Waals surface area (Å²) in [6.07, 6.45) is 9.30. The first kappa shape index (κ1) is 14.3. The molecule has 3 rings (SSSR count). The minimum atomic E-state index is 0.285. The number of benzene rings is 1. The largest absolute Gasteiger partial charge is 0.374 e. The minimum absolute atomic E-state index is 0.285. The van der Waals surface area contributed by atoms with Gasteiger partial charge >= 0.3 is 0 Å². The van der Waals surface area contributed by atoms with E-state index < -0.39 is 0 Å². The van der Waals surface area contributed by atoms with Crippen LogP contribution in [-0.4, -0.2) is 36.1 Å². The zero-order valence-electron chi connectivity index (χ0n) is 12.4. The number of hydrogen-bond acceptors (Lipinski definition) is 2. The van der Waals surface area contributed by atoms with E-state index in [4.69, 9.17) is 4.74 Å². The van der Waals surface area contributed by atoms with Crippen molar-refractivity contribution in [3.05, 3.63) is 42.0 Å². The number of fused-ring (bicyclic) bond motifs is 1. The van der Waals surface area contributed by atoms with Crippen LogP contribution in [0, 0.1) is 0 Å². The lowest BCUT2D eigenvalue weighted by atomic mass is 10.1. The summed E-state index contributed by atoms with van der Waals surface area (Å²) in [6, 6.07) is 10.5. The molecular formula is C18H23NO2. The van der Waals surface area contributed by atoms with E-state index in [-0.39, 0.29) is 5.91 Å². The Morgan fingerprint density at radius 2 is 2.14 bits per heavy atom. The van der Waals surface area contributed by atoms with Crippen molar-refractivity contribution in [1.82, 2.24) is 4.90 Å². The maximum Gasteiger partial charge on any atom is 0.223 e. The summed E-state index contributed by atoms with van der Waals surface area (Å²) in [7, 11) is 0. The van der Waals surface area contributed by atoms with Gasteiger partial charge in [-0.25, -0.2) is 0 Å². The standard InChI is InChI=1S/C18H23NO2/c20-18(12-5-4-9-15-7-2-1-3-8-15)19-13-14-21-17-11-6-10-16(17)19/h1-4,7-9,16-17H,5-6,10-14H2/b9-4+/t16-,17+/m0/s1. The van der Waals surface area contributed by atoms with Crippen molar-refractivity contribution in [3.63, 3.8) is 0 Å². The number of morpholine rings is 1. The highest BCUT2D eigenvalue weighted by atomic mass is 16.5. The van der Waals surface area contributed by atoms with Gasteiger partial charge in [-0.1, -0.05) is 42.5 Å². The monoisotopic (exact) mass is 285 g/mol. The van der Waals surface area contributed by atoms with E-state index in [1.807, 2.05) is 18.2 Å². The van der Waals surface area contributed by atoms with Crippen LogP contribution >= 0.6 is 0 Å². The summed E-state index contributed by atoms with van der Waals surface area (Å²) < 4.78 is 5.76. The molecule has 0 radical (unpaired) electrons. The smallest absolute Gasteiger partial charge is 0.223 e. The van der Waals surface area contributed by atoms with Crippen molar-refractivity contribution in [2.45, 2.75) is 44.2 Å². The molecule has 0 spiro atoms. The predicted molar refractivity (Wildman–Crippen MR) is 83.8 cm³/mol. The van der Waals surface area contributed by atoms with Crippen LogP contribution in [0.1, 0.15) is 37.7 Å². The first-order valence-corrected chi connectivity index (χ1v) is 7.97. The average molecular weight is 285 g/mol. The Labute approximate surface area is 126 Å². The topological polar surface area (TPSA) is 29.5 Å². The van der Waals surface area contributed by atoms with E-state index in [1.165, 1.54) is 12.0 Å². The molecule has 0 N–H and O–H groups in total. The molecule has 1 aromatic rings. The van der Waals surface area contributed by atoms with E-state index in [0.717, 1.165) is 25.8 Å². The summed E-state index contributed by atoms with van der Waals surface area (Å²) in [4.78, 5) is 14.5. The molecule has 21 heavy (non-hydrogen) atoms.